The number of rotatable bonds is 6. The van der Waals surface area contributed by atoms with Crippen LogP contribution >= 0.6 is 0 Å². The number of nitrogens with one attached hydrogen (secondary N) is 1. The van der Waals surface area contributed by atoms with Gasteiger partial charge in [0.25, 0.3) is 0 Å². The second kappa shape index (κ2) is 10.6. The lowest BCUT2D eigenvalue weighted by atomic mass is 9.93. The highest BCUT2D eigenvalue weighted by Crippen LogP contribution is 2.29. The van der Waals surface area contributed by atoms with Crippen molar-refractivity contribution < 1.29 is 17.9 Å². The third kappa shape index (κ3) is 6.68. The monoisotopic (exact) mass is 506 g/mol. The minimum Gasteiger partial charge on any atom is -0.444 e. The van der Waals surface area contributed by atoms with Crippen molar-refractivity contribution in [3.05, 3.63) is 24.3 Å². The molecular weight excluding hydrogens is 464 g/mol. The van der Waals surface area contributed by atoms with E-state index >= 15 is 0 Å². The highest BCUT2D eigenvalue weighted by molar-refractivity contribution is 7.89. The zero-order valence-electron chi connectivity index (χ0n) is 21.7. The lowest BCUT2D eigenvalue weighted by molar-refractivity contribution is 0.0489. The van der Waals surface area contributed by atoms with Gasteiger partial charge in [-0.05, 0) is 90.5 Å². The van der Waals surface area contributed by atoms with Crippen LogP contribution in [0.3, 0.4) is 0 Å². The van der Waals surface area contributed by atoms with Gasteiger partial charge in [-0.2, -0.15) is 4.31 Å². The molecule has 0 aromatic heterocycles. The lowest BCUT2D eigenvalue weighted by Gasteiger charge is -2.43. The van der Waals surface area contributed by atoms with Crippen LogP contribution in [0.15, 0.2) is 29.2 Å². The Bertz CT molecular complexity index is 977. The van der Waals surface area contributed by atoms with Crippen molar-refractivity contribution in [2.45, 2.75) is 82.4 Å². The predicted molar refractivity (Wildman–Crippen MR) is 138 cm³/mol. The molecule has 1 atom stereocenters. The largest absolute Gasteiger partial charge is 0.444 e. The molecule has 1 aromatic carbocycles. The molecule has 1 amide bonds. The number of likely N-dealkylation sites (tertiary alicyclic amines) is 1. The molecule has 1 unspecified atom stereocenters. The first-order valence-corrected chi connectivity index (χ1v) is 14.5. The summed E-state index contributed by atoms with van der Waals surface area (Å²) in [6.07, 6.45) is 4.31. The summed E-state index contributed by atoms with van der Waals surface area (Å²) in [6.45, 7) is 12.9. The van der Waals surface area contributed by atoms with Crippen LogP contribution in [0, 0.1) is 5.92 Å². The minimum absolute atomic E-state index is 0.0804. The van der Waals surface area contributed by atoms with Gasteiger partial charge < -0.3 is 19.9 Å². The van der Waals surface area contributed by atoms with E-state index in [-0.39, 0.29) is 6.04 Å². The van der Waals surface area contributed by atoms with Crippen LogP contribution in [-0.4, -0.2) is 80.7 Å². The molecule has 35 heavy (non-hydrogen) atoms. The molecule has 3 saturated heterocycles. The molecule has 3 heterocycles. The fraction of sp³-hybridized carbons (Fsp3) is 0.731. The number of anilines is 1. The number of sulfonamides is 1. The smallest absolute Gasteiger partial charge is 0.407 e. The third-order valence-corrected chi connectivity index (χ3v) is 9.45. The van der Waals surface area contributed by atoms with Crippen molar-refractivity contribution in [1.29, 1.82) is 0 Å². The van der Waals surface area contributed by atoms with Crippen LogP contribution in [0.25, 0.3) is 0 Å². The number of benzene rings is 1. The van der Waals surface area contributed by atoms with E-state index in [4.69, 9.17) is 4.74 Å². The van der Waals surface area contributed by atoms with Gasteiger partial charge in [0.15, 0.2) is 0 Å². The molecule has 0 saturated carbocycles. The first-order valence-electron chi connectivity index (χ1n) is 13.1. The van der Waals surface area contributed by atoms with Gasteiger partial charge >= 0.3 is 6.09 Å². The van der Waals surface area contributed by atoms with Crippen LogP contribution in [-0.2, 0) is 14.8 Å². The summed E-state index contributed by atoms with van der Waals surface area (Å²) in [5.74, 6) is 0.733. The third-order valence-electron chi connectivity index (χ3n) is 7.56. The number of ether oxygens (including phenoxy) is 1. The maximum atomic E-state index is 13.4. The molecule has 0 spiro atoms. The standard InChI is InChI=1S/C26H42N4O4S/c1-20-8-13-29(20)19-21-9-14-28(15-10-21)23-6-5-7-24(18-23)35(32,33)30-16-11-22(12-17-30)27-25(31)34-26(2,3)4/h5-7,18,20-22H,8-17,19H2,1-4H3,(H,27,31). The minimum atomic E-state index is -3.58. The highest BCUT2D eigenvalue weighted by Gasteiger charge is 2.32. The van der Waals surface area contributed by atoms with E-state index < -0.39 is 21.7 Å². The number of hydrogen-bond donors (Lipinski definition) is 1. The number of alkyl carbamates (subject to hydrolysis) is 1. The molecule has 0 radical (unpaired) electrons. The van der Waals surface area contributed by atoms with Crippen molar-refractivity contribution in [3.8, 4) is 0 Å². The van der Waals surface area contributed by atoms with E-state index in [0.717, 1.165) is 43.6 Å². The van der Waals surface area contributed by atoms with Gasteiger partial charge in [-0.1, -0.05) is 6.07 Å². The summed E-state index contributed by atoms with van der Waals surface area (Å²) in [6, 6.07) is 8.05. The predicted octanol–water partition coefficient (Wildman–Crippen LogP) is 3.68. The number of hydrogen-bond acceptors (Lipinski definition) is 6. The fourth-order valence-corrected chi connectivity index (χ4v) is 6.76. The molecule has 3 fully saturated rings. The zero-order valence-corrected chi connectivity index (χ0v) is 22.5. The summed E-state index contributed by atoms with van der Waals surface area (Å²) >= 11 is 0. The zero-order chi connectivity index (χ0) is 25.2. The normalized spacial score (nSPS) is 23.7. The van der Waals surface area contributed by atoms with Crippen molar-refractivity contribution in [2.75, 3.05) is 44.2 Å². The SMILES string of the molecule is CC1CCN1CC1CCN(c2cccc(S(=O)(=O)N3CCC(NC(=O)OC(C)(C)C)CC3)c2)CC1. The van der Waals surface area contributed by atoms with Gasteiger partial charge in [0.05, 0.1) is 4.90 Å². The van der Waals surface area contributed by atoms with E-state index in [9.17, 15) is 13.2 Å². The van der Waals surface area contributed by atoms with Gasteiger partial charge in [0.2, 0.25) is 10.0 Å². The van der Waals surface area contributed by atoms with Gasteiger partial charge in [-0.15, -0.1) is 0 Å². The maximum Gasteiger partial charge on any atom is 0.407 e. The molecule has 196 valence electrons. The Morgan fingerprint density at radius 2 is 1.71 bits per heavy atom. The Labute approximate surface area is 211 Å². The number of nitrogens with zero attached hydrogens (tertiary/aromatic N) is 3. The molecule has 9 heteroatoms. The summed E-state index contributed by atoms with van der Waals surface area (Å²) in [5.41, 5.74) is 0.435. The van der Waals surface area contributed by atoms with Crippen molar-refractivity contribution in [3.63, 3.8) is 0 Å². The van der Waals surface area contributed by atoms with Crippen LogP contribution in [0.5, 0.6) is 0 Å². The topological polar surface area (TPSA) is 82.2 Å². The molecule has 1 N–H and O–H groups in total. The molecule has 4 rings (SSSR count). The van der Waals surface area contributed by atoms with Gasteiger partial charge in [0, 0.05) is 50.5 Å². The second-order valence-electron chi connectivity index (χ2n) is 11.4. The van der Waals surface area contributed by atoms with E-state index in [2.05, 4.69) is 22.0 Å². The van der Waals surface area contributed by atoms with Crippen LogP contribution in [0.4, 0.5) is 10.5 Å². The molecule has 3 aliphatic heterocycles. The quantitative estimate of drug-likeness (QED) is 0.634. The first-order chi connectivity index (χ1) is 16.5. The number of amides is 1. The summed E-state index contributed by atoms with van der Waals surface area (Å²) in [7, 11) is -3.58. The van der Waals surface area contributed by atoms with Crippen molar-refractivity contribution >= 4 is 21.8 Å². The molecule has 3 aliphatic rings. The molecule has 1 aromatic rings. The number of carbonyl (C=O) groups excluding carboxylic acids is 1. The lowest BCUT2D eigenvalue weighted by Crippen LogP contribution is -2.49. The second-order valence-corrected chi connectivity index (χ2v) is 13.3. The Morgan fingerprint density at radius 1 is 1.03 bits per heavy atom. The molecule has 0 bridgehead atoms. The van der Waals surface area contributed by atoms with Gasteiger partial charge in [-0.3, -0.25) is 0 Å². The molecular formula is C26H42N4O4S. The average molecular weight is 507 g/mol. The van der Waals surface area contributed by atoms with Crippen LogP contribution in [0.1, 0.15) is 59.8 Å². The number of carbonyl (C=O) groups is 1. The average Bonchev–Trinajstić information content (AvgIpc) is 2.81. The molecule has 0 aliphatic carbocycles. The van der Waals surface area contributed by atoms with Gasteiger partial charge in [-0.25, -0.2) is 13.2 Å². The summed E-state index contributed by atoms with van der Waals surface area (Å²) in [5, 5.41) is 2.87. The van der Waals surface area contributed by atoms with E-state index in [1.54, 1.807) is 10.4 Å². The Kier molecular flexibility index (Phi) is 7.98. The highest BCUT2D eigenvalue weighted by atomic mass is 32.2. The molecule has 8 nitrogen and oxygen atoms in total. The fourth-order valence-electron chi connectivity index (χ4n) is 5.25. The Morgan fingerprint density at radius 3 is 2.29 bits per heavy atom. The summed E-state index contributed by atoms with van der Waals surface area (Å²) in [4.78, 5) is 17.3. The van der Waals surface area contributed by atoms with Crippen molar-refractivity contribution in [1.82, 2.24) is 14.5 Å². The maximum absolute atomic E-state index is 13.4. The van der Waals surface area contributed by atoms with E-state index in [1.807, 2.05) is 39.0 Å². The Balaban J connectivity index is 1.30. The van der Waals surface area contributed by atoms with Crippen molar-refractivity contribution in [2.24, 2.45) is 5.92 Å². The van der Waals surface area contributed by atoms with Crippen LogP contribution in [0.2, 0.25) is 0 Å². The Hall–Kier alpha value is -1.84. The summed E-state index contributed by atoms with van der Waals surface area (Å²) < 4.78 is 33.6. The van der Waals surface area contributed by atoms with Crippen LogP contribution < -0.4 is 10.2 Å². The van der Waals surface area contributed by atoms with E-state index in [1.165, 1.54) is 19.5 Å². The first kappa shape index (κ1) is 26.2. The van der Waals surface area contributed by atoms with Gasteiger partial charge in [0.1, 0.15) is 5.60 Å². The number of piperidine rings is 2. The van der Waals surface area contributed by atoms with E-state index in [0.29, 0.717) is 30.8 Å².